The van der Waals surface area contributed by atoms with Crippen molar-refractivity contribution in [3.8, 4) is 11.3 Å². The number of thiazole rings is 1. The summed E-state index contributed by atoms with van der Waals surface area (Å²) in [4.78, 5) is 17.2. The van der Waals surface area contributed by atoms with E-state index in [1.165, 1.54) is 39.9 Å². The Bertz CT molecular complexity index is 1180. The molecule has 1 saturated heterocycles. The van der Waals surface area contributed by atoms with Crippen molar-refractivity contribution in [2.24, 2.45) is 5.92 Å². The minimum atomic E-state index is -3.54. The van der Waals surface area contributed by atoms with Gasteiger partial charge in [-0.1, -0.05) is 30.7 Å². The van der Waals surface area contributed by atoms with Gasteiger partial charge in [-0.2, -0.15) is 4.31 Å². The first kappa shape index (κ1) is 22.0. The zero-order chi connectivity index (χ0) is 22.0. The number of aromatic nitrogens is 1. The van der Waals surface area contributed by atoms with E-state index >= 15 is 0 Å². The molecule has 1 fully saturated rings. The number of anilines is 1. The van der Waals surface area contributed by atoms with Gasteiger partial charge in [-0.3, -0.25) is 10.1 Å². The lowest BCUT2D eigenvalue weighted by Crippen LogP contribution is -2.39. The molecule has 1 N–H and O–H groups in total. The van der Waals surface area contributed by atoms with Crippen LogP contribution in [0.5, 0.6) is 0 Å². The number of nitrogens with one attached hydrogen (secondary N) is 1. The number of carbonyl (C=O) groups is 1. The quantitative estimate of drug-likeness (QED) is 0.554. The monoisotopic (exact) mass is 475 g/mol. The molecule has 1 aliphatic rings. The van der Waals surface area contributed by atoms with Crippen LogP contribution in [0.15, 0.2) is 58.8 Å². The molecule has 0 aliphatic carbocycles. The Kier molecular flexibility index (Phi) is 6.43. The minimum Gasteiger partial charge on any atom is -0.298 e. The summed E-state index contributed by atoms with van der Waals surface area (Å²) in [7, 11) is -3.54. The van der Waals surface area contributed by atoms with Crippen molar-refractivity contribution in [1.29, 1.82) is 0 Å². The van der Waals surface area contributed by atoms with Crippen LogP contribution in [0.3, 0.4) is 0 Å². The summed E-state index contributed by atoms with van der Waals surface area (Å²) >= 11 is 7.23. The summed E-state index contributed by atoms with van der Waals surface area (Å²) in [5.74, 6) is 0.0113. The van der Waals surface area contributed by atoms with Crippen LogP contribution in [0.25, 0.3) is 11.3 Å². The van der Waals surface area contributed by atoms with Gasteiger partial charge in [0.15, 0.2) is 5.13 Å². The van der Waals surface area contributed by atoms with Gasteiger partial charge in [0.1, 0.15) is 0 Å². The molecule has 0 saturated carbocycles. The second-order valence-electron chi connectivity index (χ2n) is 7.63. The summed E-state index contributed by atoms with van der Waals surface area (Å²) in [5.41, 5.74) is 2.02. The van der Waals surface area contributed by atoms with Gasteiger partial charge in [-0.15, -0.1) is 11.3 Å². The number of hydrogen-bond donors (Lipinski definition) is 1. The average Bonchev–Trinajstić information content (AvgIpc) is 3.22. The third kappa shape index (κ3) is 4.98. The number of benzene rings is 2. The standard InChI is InChI=1S/C22H22ClN3O3S2/c1-15-3-2-12-26(13-15)31(28,29)19-10-6-17(7-11-19)21(27)25-22-24-20(14-30-22)16-4-8-18(23)9-5-16/h4-11,14-15H,2-3,12-13H2,1H3,(H,24,25,27)/t15-/m0/s1. The van der Waals surface area contributed by atoms with Crippen LogP contribution in [0, 0.1) is 5.92 Å². The largest absolute Gasteiger partial charge is 0.298 e. The molecule has 0 unspecified atom stereocenters. The second kappa shape index (κ2) is 9.08. The third-order valence-corrected chi connectivity index (χ3v) is 8.13. The van der Waals surface area contributed by atoms with Crippen molar-refractivity contribution in [2.45, 2.75) is 24.7 Å². The predicted octanol–water partition coefficient (Wildman–Crippen LogP) is 5.14. The Labute approximate surface area is 190 Å². The van der Waals surface area contributed by atoms with E-state index in [-0.39, 0.29) is 10.8 Å². The maximum Gasteiger partial charge on any atom is 0.257 e. The number of hydrogen-bond acceptors (Lipinski definition) is 5. The molecule has 3 aromatic rings. The lowest BCUT2D eigenvalue weighted by atomic mass is 10.0. The fraction of sp³-hybridized carbons (Fsp3) is 0.273. The topological polar surface area (TPSA) is 79.4 Å². The van der Waals surface area contributed by atoms with Crippen LogP contribution in [-0.2, 0) is 10.0 Å². The second-order valence-corrected chi connectivity index (χ2v) is 10.9. The molecule has 9 heteroatoms. The molecule has 0 spiro atoms. The first-order valence-corrected chi connectivity index (χ1v) is 12.7. The molecule has 4 rings (SSSR count). The summed E-state index contributed by atoms with van der Waals surface area (Å²) in [5, 5.41) is 5.74. The number of amides is 1. The number of carbonyl (C=O) groups excluding carboxylic acids is 1. The van der Waals surface area contributed by atoms with Crippen LogP contribution < -0.4 is 5.32 Å². The number of nitrogens with zero attached hydrogens (tertiary/aromatic N) is 2. The van der Waals surface area contributed by atoms with Gasteiger partial charge in [-0.05, 0) is 55.2 Å². The molecular formula is C22H22ClN3O3S2. The summed E-state index contributed by atoms with van der Waals surface area (Å²) in [6.07, 6.45) is 1.91. The van der Waals surface area contributed by atoms with Crippen molar-refractivity contribution < 1.29 is 13.2 Å². The molecule has 6 nitrogen and oxygen atoms in total. The normalized spacial score (nSPS) is 17.4. The Morgan fingerprint density at radius 1 is 1.16 bits per heavy atom. The van der Waals surface area contributed by atoms with Gasteiger partial charge in [0.05, 0.1) is 10.6 Å². The van der Waals surface area contributed by atoms with Crippen LogP contribution in [0.4, 0.5) is 5.13 Å². The van der Waals surface area contributed by atoms with Crippen LogP contribution in [0.2, 0.25) is 5.02 Å². The lowest BCUT2D eigenvalue weighted by Gasteiger charge is -2.30. The molecular weight excluding hydrogens is 454 g/mol. The number of rotatable bonds is 5. The number of piperidine rings is 1. The molecule has 0 bridgehead atoms. The van der Waals surface area contributed by atoms with E-state index in [9.17, 15) is 13.2 Å². The fourth-order valence-corrected chi connectivity index (χ4v) is 5.98. The number of halogens is 1. The van der Waals surface area contributed by atoms with E-state index in [1.54, 1.807) is 12.1 Å². The molecule has 1 atom stereocenters. The van der Waals surface area contributed by atoms with Crippen molar-refractivity contribution in [3.05, 3.63) is 64.5 Å². The first-order valence-electron chi connectivity index (χ1n) is 9.96. The Balaban J connectivity index is 1.45. The number of sulfonamides is 1. The highest BCUT2D eigenvalue weighted by atomic mass is 35.5. The maximum atomic E-state index is 12.9. The summed E-state index contributed by atoms with van der Waals surface area (Å²) < 4.78 is 27.3. The molecule has 1 aromatic heterocycles. The molecule has 0 radical (unpaired) electrons. The highest BCUT2D eigenvalue weighted by molar-refractivity contribution is 7.89. The molecule has 31 heavy (non-hydrogen) atoms. The van der Waals surface area contributed by atoms with Crippen LogP contribution in [-0.4, -0.2) is 36.7 Å². The average molecular weight is 476 g/mol. The minimum absolute atomic E-state index is 0.206. The first-order chi connectivity index (χ1) is 14.8. The van der Waals surface area contributed by atoms with Gasteiger partial charge in [0, 0.05) is 34.6 Å². The van der Waals surface area contributed by atoms with Crippen molar-refractivity contribution >= 4 is 44.0 Å². The van der Waals surface area contributed by atoms with E-state index in [4.69, 9.17) is 11.6 Å². The summed E-state index contributed by atoms with van der Waals surface area (Å²) in [6.45, 7) is 3.13. The van der Waals surface area contributed by atoms with E-state index in [0.717, 1.165) is 24.1 Å². The Hall–Kier alpha value is -2.26. The van der Waals surface area contributed by atoms with E-state index in [0.29, 0.717) is 34.7 Å². The van der Waals surface area contributed by atoms with Gasteiger partial charge in [0.2, 0.25) is 10.0 Å². The maximum absolute atomic E-state index is 12.9. The highest BCUT2D eigenvalue weighted by Gasteiger charge is 2.28. The molecule has 162 valence electrons. The van der Waals surface area contributed by atoms with Gasteiger partial charge >= 0.3 is 0 Å². The van der Waals surface area contributed by atoms with Gasteiger partial charge < -0.3 is 0 Å². The SMILES string of the molecule is C[C@H]1CCCN(S(=O)(=O)c2ccc(C(=O)Nc3nc(-c4ccc(Cl)cc4)cs3)cc2)C1. The molecule has 2 heterocycles. The van der Waals surface area contributed by atoms with Crippen molar-refractivity contribution in [1.82, 2.24) is 9.29 Å². The zero-order valence-corrected chi connectivity index (χ0v) is 19.3. The van der Waals surface area contributed by atoms with Crippen LogP contribution in [0.1, 0.15) is 30.1 Å². The van der Waals surface area contributed by atoms with E-state index in [1.807, 2.05) is 17.5 Å². The van der Waals surface area contributed by atoms with Gasteiger partial charge in [0.25, 0.3) is 5.91 Å². The third-order valence-electron chi connectivity index (χ3n) is 5.24. The Morgan fingerprint density at radius 2 is 1.87 bits per heavy atom. The zero-order valence-electron chi connectivity index (χ0n) is 16.9. The van der Waals surface area contributed by atoms with E-state index < -0.39 is 10.0 Å². The highest BCUT2D eigenvalue weighted by Crippen LogP contribution is 2.27. The fourth-order valence-electron chi connectivity index (χ4n) is 3.55. The summed E-state index contributed by atoms with van der Waals surface area (Å²) in [6, 6.07) is 13.3. The molecule has 1 aliphatic heterocycles. The molecule has 2 aromatic carbocycles. The Morgan fingerprint density at radius 3 is 2.55 bits per heavy atom. The predicted molar refractivity (Wildman–Crippen MR) is 124 cm³/mol. The van der Waals surface area contributed by atoms with Crippen LogP contribution >= 0.6 is 22.9 Å². The van der Waals surface area contributed by atoms with E-state index in [2.05, 4.69) is 17.2 Å². The van der Waals surface area contributed by atoms with Crippen molar-refractivity contribution in [3.63, 3.8) is 0 Å². The lowest BCUT2D eigenvalue weighted by molar-refractivity contribution is 0.102. The smallest absolute Gasteiger partial charge is 0.257 e. The molecule has 1 amide bonds. The van der Waals surface area contributed by atoms with Crippen molar-refractivity contribution in [2.75, 3.05) is 18.4 Å². The van der Waals surface area contributed by atoms with Gasteiger partial charge in [-0.25, -0.2) is 13.4 Å².